The lowest BCUT2D eigenvalue weighted by Gasteiger charge is -2.35. The Balaban J connectivity index is 1.87. The van der Waals surface area contributed by atoms with E-state index in [9.17, 15) is 24.9 Å². The zero-order valence-electron chi connectivity index (χ0n) is 13.6. The molecule has 25 heavy (non-hydrogen) atoms. The summed E-state index contributed by atoms with van der Waals surface area (Å²) in [6, 6.07) is 3.53. The Hall–Kier alpha value is -2.07. The predicted octanol–water partition coefficient (Wildman–Crippen LogP) is -2.02. The molecule has 4 N–H and O–H groups in total. The van der Waals surface area contributed by atoms with E-state index in [1.807, 2.05) is 6.07 Å². The molecule has 0 unspecified atom stereocenters. The molecule has 2 aliphatic rings. The summed E-state index contributed by atoms with van der Waals surface area (Å²) in [5.41, 5.74) is 0.837. The SMILES string of the molecule is CN1C[C@H](c2ccc[n+]([C@@H]3O[C@H](C(=O)O)[C@@H](O)[C@H](O)[C@H]3O)c2)CC1=O. The van der Waals surface area contributed by atoms with Crippen LogP contribution in [-0.2, 0) is 14.3 Å². The van der Waals surface area contributed by atoms with Gasteiger partial charge in [-0.3, -0.25) is 4.79 Å². The van der Waals surface area contributed by atoms with Gasteiger partial charge < -0.3 is 30.1 Å². The summed E-state index contributed by atoms with van der Waals surface area (Å²) in [7, 11) is 1.72. The molecule has 3 heterocycles. The van der Waals surface area contributed by atoms with E-state index >= 15 is 0 Å². The molecule has 0 saturated carbocycles. The summed E-state index contributed by atoms with van der Waals surface area (Å²) >= 11 is 0. The monoisotopic (exact) mass is 353 g/mol. The van der Waals surface area contributed by atoms with Crippen molar-refractivity contribution in [2.24, 2.45) is 0 Å². The summed E-state index contributed by atoms with van der Waals surface area (Å²) in [5.74, 6) is -1.40. The summed E-state index contributed by atoms with van der Waals surface area (Å²) in [4.78, 5) is 24.6. The van der Waals surface area contributed by atoms with E-state index in [4.69, 9.17) is 9.84 Å². The Bertz CT molecular complexity index is 682. The van der Waals surface area contributed by atoms with E-state index in [1.54, 1.807) is 30.4 Å². The van der Waals surface area contributed by atoms with Crippen molar-refractivity contribution >= 4 is 11.9 Å². The number of carbonyl (C=O) groups excluding carboxylic acids is 1. The van der Waals surface area contributed by atoms with Crippen LogP contribution >= 0.6 is 0 Å². The van der Waals surface area contributed by atoms with Crippen molar-refractivity contribution in [1.82, 2.24) is 4.90 Å². The second-order valence-corrected chi connectivity index (χ2v) is 6.52. The van der Waals surface area contributed by atoms with E-state index in [0.717, 1.165) is 5.56 Å². The number of carboxylic acid groups (broad SMARTS) is 1. The lowest BCUT2D eigenvalue weighted by Crippen LogP contribution is -2.63. The normalized spacial score (nSPS) is 35.8. The van der Waals surface area contributed by atoms with Crippen molar-refractivity contribution in [2.45, 2.75) is 43.0 Å². The number of ether oxygens (including phenoxy) is 1. The number of aliphatic hydroxyl groups is 3. The molecule has 136 valence electrons. The first-order valence-corrected chi connectivity index (χ1v) is 7.96. The number of hydrogen-bond acceptors (Lipinski definition) is 6. The lowest BCUT2D eigenvalue weighted by molar-refractivity contribution is -0.777. The van der Waals surface area contributed by atoms with Gasteiger partial charge >= 0.3 is 5.97 Å². The molecule has 2 fully saturated rings. The highest BCUT2D eigenvalue weighted by Gasteiger charge is 2.51. The molecule has 6 atom stereocenters. The maximum atomic E-state index is 11.7. The van der Waals surface area contributed by atoms with Crippen LogP contribution in [0.3, 0.4) is 0 Å². The predicted molar refractivity (Wildman–Crippen MR) is 81.2 cm³/mol. The van der Waals surface area contributed by atoms with Crippen LogP contribution in [0.15, 0.2) is 24.5 Å². The third-order valence-corrected chi connectivity index (χ3v) is 4.78. The Morgan fingerprint density at radius 1 is 1.28 bits per heavy atom. The highest BCUT2D eigenvalue weighted by atomic mass is 16.6. The molecule has 1 aromatic rings. The number of carboxylic acids is 1. The van der Waals surface area contributed by atoms with Crippen molar-refractivity contribution in [3.8, 4) is 0 Å². The molecule has 9 heteroatoms. The first-order chi connectivity index (χ1) is 11.8. The molecule has 0 bridgehead atoms. The summed E-state index contributed by atoms with van der Waals surface area (Å²) < 4.78 is 6.77. The number of likely N-dealkylation sites (N-methyl/N-ethyl adjacent to an activating group) is 1. The van der Waals surface area contributed by atoms with Crippen LogP contribution in [0.25, 0.3) is 0 Å². The van der Waals surface area contributed by atoms with Gasteiger partial charge in [0.2, 0.25) is 5.91 Å². The smallest absolute Gasteiger partial charge is 0.335 e. The Kier molecular flexibility index (Phi) is 4.74. The van der Waals surface area contributed by atoms with Crippen LogP contribution in [-0.4, -0.2) is 75.2 Å². The largest absolute Gasteiger partial charge is 0.479 e. The van der Waals surface area contributed by atoms with Crippen LogP contribution in [0, 0.1) is 0 Å². The van der Waals surface area contributed by atoms with Crippen molar-refractivity contribution in [1.29, 1.82) is 0 Å². The number of likely N-dealkylation sites (tertiary alicyclic amines) is 1. The van der Waals surface area contributed by atoms with Gasteiger partial charge in [-0.25, -0.2) is 4.79 Å². The Labute approximate surface area is 143 Å². The van der Waals surface area contributed by atoms with Crippen LogP contribution in [0.1, 0.15) is 24.1 Å². The first-order valence-electron chi connectivity index (χ1n) is 7.96. The molecule has 1 amide bonds. The topological polar surface area (TPSA) is 131 Å². The summed E-state index contributed by atoms with van der Waals surface area (Å²) in [5, 5.41) is 39.0. The van der Waals surface area contributed by atoms with Gasteiger partial charge in [-0.1, -0.05) is 0 Å². The summed E-state index contributed by atoms with van der Waals surface area (Å²) in [6.07, 6.45) is -4.11. The second-order valence-electron chi connectivity index (χ2n) is 6.52. The minimum Gasteiger partial charge on any atom is -0.479 e. The van der Waals surface area contributed by atoms with Crippen molar-refractivity contribution in [2.75, 3.05) is 13.6 Å². The fourth-order valence-electron chi connectivity index (χ4n) is 3.31. The highest BCUT2D eigenvalue weighted by molar-refractivity contribution is 5.79. The molecule has 0 aliphatic carbocycles. The number of carbonyl (C=O) groups is 2. The number of hydrogen-bond donors (Lipinski definition) is 4. The quantitative estimate of drug-likeness (QED) is 0.462. The molecule has 9 nitrogen and oxygen atoms in total. The number of pyridine rings is 1. The minimum atomic E-state index is -1.73. The van der Waals surface area contributed by atoms with E-state index in [-0.39, 0.29) is 11.8 Å². The number of rotatable bonds is 3. The van der Waals surface area contributed by atoms with Gasteiger partial charge in [0.25, 0.3) is 6.23 Å². The van der Waals surface area contributed by atoms with E-state index in [1.165, 1.54) is 4.57 Å². The number of amides is 1. The Morgan fingerprint density at radius 2 is 2.00 bits per heavy atom. The standard InChI is InChI=1S/C16H20N2O7/c1-17-6-9(5-10(17)19)8-3-2-4-18(7-8)15-13(22)11(20)12(21)14(25-15)16(23)24/h2-4,7,9,11-15,20-22H,5-6H2,1H3/p+1/t9-,11+,12+,13-,14+,15-/m1/s1. The van der Waals surface area contributed by atoms with Gasteiger partial charge in [-0.2, -0.15) is 4.57 Å². The average Bonchev–Trinajstić information content (AvgIpc) is 2.92. The maximum Gasteiger partial charge on any atom is 0.335 e. The van der Waals surface area contributed by atoms with Gasteiger partial charge in [0, 0.05) is 37.6 Å². The molecule has 0 aromatic carbocycles. The molecule has 2 aliphatic heterocycles. The lowest BCUT2D eigenvalue weighted by atomic mass is 9.97. The van der Waals surface area contributed by atoms with Crippen LogP contribution in [0.2, 0.25) is 0 Å². The molecular formula is C16H21N2O7+. The van der Waals surface area contributed by atoms with Crippen molar-refractivity contribution < 1.29 is 39.3 Å². The van der Waals surface area contributed by atoms with Crippen LogP contribution in [0.5, 0.6) is 0 Å². The van der Waals surface area contributed by atoms with E-state index in [0.29, 0.717) is 13.0 Å². The molecule has 0 spiro atoms. The van der Waals surface area contributed by atoms with Crippen molar-refractivity contribution in [3.63, 3.8) is 0 Å². The first kappa shape index (κ1) is 17.7. The number of aliphatic carboxylic acids is 1. The zero-order valence-corrected chi connectivity index (χ0v) is 13.6. The van der Waals surface area contributed by atoms with Crippen LogP contribution < -0.4 is 4.57 Å². The molecule has 1 aromatic heterocycles. The number of aromatic nitrogens is 1. The van der Waals surface area contributed by atoms with Crippen molar-refractivity contribution in [3.05, 3.63) is 30.1 Å². The number of nitrogens with zero attached hydrogens (tertiary/aromatic N) is 2. The third kappa shape index (κ3) is 3.23. The van der Waals surface area contributed by atoms with E-state index < -0.39 is 36.6 Å². The zero-order chi connectivity index (χ0) is 18.3. The van der Waals surface area contributed by atoms with Gasteiger partial charge in [0.1, 0.15) is 12.2 Å². The molecule has 3 rings (SSSR count). The van der Waals surface area contributed by atoms with E-state index in [2.05, 4.69) is 0 Å². The third-order valence-electron chi connectivity index (χ3n) is 4.78. The molecular weight excluding hydrogens is 332 g/mol. The van der Waals surface area contributed by atoms with Gasteiger partial charge in [0.05, 0.1) is 0 Å². The second kappa shape index (κ2) is 6.68. The van der Waals surface area contributed by atoms with Gasteiger partial charge in [0.15, 0.2) is 24.6 Å². The number of aliphatic hydroxyl groups excluding tert-OH is 3. The summed E-state index contributed by atoms with van der Waals surface area (Å²) in [6.45, 7) is 0.565. The van der Waals surface area contributed by atoms with Gasteiger partial charge in [-0.15, -0.1) is 0 Å². The maximum absolute atomic E-state index is 11.7. The highest BCUT2D eigenvalue weighted by Crippen LogP contribution is 2.28. The van der Waals surface area contributed by atoms with Crippen LogP contribution in [0.4, 0.5) is 0 Å². The van der Waals surface area contributed by atoms with Gasteiger partial charge in [-0.05, 0) is 6.07 Å². The minimum absolute atomic E-state index is 0.0172. The fourth-order valence-corrected chi connectivity index (χ4v) is 3.31. The Morgan fingerprint density at radius 3 is 2.60 bits per heavy atom. The average molecular weight is 353 g/mol. The molecule has 2 saturated heterocycles. The molecule has 0 radical (unpaired) electrons. The fraction of sp³-hybridized carbons (Fsp3) is 0.562.